The van der Waals surface area contributed by atoms with E-state index < -0.39 is 59.3 Å². The van der Waals surface area contributed by atoms with Crippen LogP contribution in [-0.4, -0.2) is 111 Å². The summed E-state index contributed by atoms with van der Waals surface area (Å²) in [5, 5.41) is 22.0. The molecule has 1 aliphatic carbocycles. The lowest BCUT2D eigenvalue weighted by Crippen LogP contribution is -2.62. The molecular weight excluding hydrogens is 657 g/mol. The number of aliphatic hydroxyl groups is 2. The SMILES string of the molecule is CC(C)(C)OC(=O)N1CCN(C(=O)c2cn(CC3(O)CCN(C(=O)C(CO)CC(F)(F)F)CC34CCCC4)c(=O)cc2-c2ccccc2)CC1. The molecule has 0 bridgehead atoms. The van der Waals surface area contributed by atoms with Crippen LogP contribution in [0.5, 0.6) is 0 Å². The van der Waals surface area contributed by atoms with Gasteiger partial charge in [-0.15, -0.1) is 0 Å². The summed E-state index contributed by atoms with van der Waals surface area (Å²) in [7, 11) is 0. The highest BCUT2D eigenvalue weighted by Gasteiger charge is 2.56. The van der Waals surface area contributed by atoms with E-state index in [0.29, 0.717) is 24.0 Å². The first kappa shape index (κ1) is 37.3. The quantitative estimate of drug-likeness (QED) is 0.440. The standard InChI is InChI=1S/C36H47F3N4O7/c1-33(2,3)50-32(48)41-17-15-40(16-18-41)31(47)28-21-43(29(45)19-27(28)25-9-5-4-6-10-25)24-35(49)13-14-42(23-34(35)11-7-8-12-34)30(46)26(22-44)20-36(37,38)39/h4-6,9-10,19,21,26,44,49H,7-8,11-18,20,22-24H2,1-3H3. The number of piperidine rings is 1. The van der Waals surface area contributed by atoms with Crippen molar-refractivity contribution in [3.05, 3.63) is 58.5 Å². The van der Waals surface area contributed by atoms with Gasteiger partial charge >= 0.3 is 12.3 Å². The number of carbonyl (C=O) groups is 3. The molecule has 3 aliphatic rings. The van der Waals surface area contributed by atoms with Crippen LogP contribution in [0.1, 0.15) is 69.7 Å². The maximum Gasteiger partial charge on any atom is 0.410 e. The molecular formula is C36H47F3N4O7. The average Bonchev–Trinajstić information content (AvgIpc) is 3.54. The van der Waals surface area contributed by atoms with Gasteiger partial charge in [0.2, 0.25) is 5.91 Å². The molecule has 2 aliphatic heterocycles. The third-order valence-corrected chi connectivity index (χ3v) is 10.3. The summed E-state index contributed by atoms with van der Waals surface area (Å²) in [5.74, 6) is -2.78. The second-order valence-corrected chi connectivity index (χ2v) is 14.9. The van der Waals surface area contributed by atoms with Gasteiger partial charge in [-0.05, 0) is 45.6 Å². The number of halogens is 3. The Morgan fingerprint density at radius 3 is 2.12 bits per heavy atom. The lowest BCUT2D eigenvalue weighted by atomic mass is 9.65. The summed E-state index contributed by atoms with van der Waals surface area (Å²) in [6.07, 6.45) is -2.58. The summed E-state index contributed by atoms with van der Waals surface area (Å²) in [6, 6.07) is 10.4. The predicted octanol–water partition coefficient (Wildman–Crippen LogP) is 4.29. The monoisotopic (exact) mass is 704 g/mol. The number of hydrogen-bond acceptors (Lipinski definition) is 7. The molecule has 3 fully saturated rings. The molecule has 2 unspecified atom stereocenters. The van der Waals surface area contributed by atoms with Crippen molar-refractivity contribution in [2.75, 3.05) is 45.9 Å². The van der Waals surface area contributed by atoms with E-state index in [1.165, 1.54) is 21.7 Å². The van der Waals surface area contributed by atoms with Crippen LogP contribution in [0.4, 0.5) is 18.0 Å². The zero-order chi connectivity index (χ0) is 36.5. The Balaban J connectivity index is 1.42. The van der Waals surface area contributed by atoms with Crippen LogP contribution in [0.25, 0.3) is 11.1 Å². The van der Waals surface area contributed by atoms with E-state index in [9.17, 15) is 42.6 Å². The number of benzene rings is 1. The normalized spacial score (nSPS) is 21.7. The van der Waals surface area contributed by atoms with Crippen molar-refractivity contribution >= 4 is 17.9 Å². The largest absolute Gasteiger partial charge is 0.444 e. The molecule has 0 radical (unpaired) electrons. The summed E-state index contributed by atoms with van der Waals surface area (Å²) < 4.78 is 46.3. The summed E-state index contributed by atoms with van der Waals surface area (Å²) in [5.41, 5.74) is -2.17. The Morgan fingerprint density at radius 1 is 0.920 bits per heavy atom. The first-order chi connectivity index (χ1) is 23.4. The van der Waals surface area contributed by atoms with Gasteiger partial charge in [-0.25, -0.2) is 4.79 Å². The number of ether oxygens (including phenoxy) is 1. The van der Waals surface area contributed by atoms with E-state index >= 15 is 0 Å². The second kappa shape index (κ2) is 14.4. The number of hydrogen-bond donors (Lipinski definition) is 2. The van der Waals surface area contributed by atoms with Crippen molar-refractivity contribution in [3.63, 3.8) is 0 Å². The average molecular weight is 705 g/mol. The van der Waals surface area contributed by atoms with Gasteiger partial charge in [0.1, 0.15) is 5.60 Å². The fourth-order valence-electron chi connectivity index (χ4n) is 7.65. The van der Waals surface area contributed by atoms with Gasteiger partial charge in [-0.2, -0.15) is 13.2 Å². The fraction of sp³-hybridized carbons (Fsp3) is 0.611. The molecule has 1 spiro atoms. The smallest absolute Gasteiger partial charge is 0.410 e. The van der Waals surface area contributed by atoms with E-state index in [2.05, 4.69) is 0 Å². The van der Waals surface area contributed by atoms with Gasteiger partial charge in [0.25, 0.3) is 11.5 Å². The van der Waals surface area contributed by atoms with E-state index in [1.54, 1.807) is 54.8 Å². The molecule has 2 saturated heterocycles. The molecule has 50 heavy (non-hydrogen) atoms. The lowest BCUT2D eigenvalue weighted by molar-refractivity contribution is -0.175. The van der Waals surface area contributed by atoms with Crippen molar-refractivity contribution in [2.45, 2.75) is 83.2 Å². The number of aliphatic hydroxyl groups excluding tert-OH is 1. The van der Waals surface area contributed by atoms with Crippen molar-refractivity contribution < 1.29 is 42.5 Å². The Morgan fingerprint density at radius 2 is 1.54 bits per heavy atom. The maximum atomic E-state index is 14.2. The van der Waals surface area contributed by atoms with Gasteiger partial charge in [-0.3, -0.25) is 14.4 Å². The zero-order valence-electron chi connectivity index (χ0n) is 28.9. The molecule has 3 amide bonds. The lowest BCUT2D eigenvalue weighted by Gasteiger charge is -2.53. The molecule has 274 valence electrons. The number of piperazine rings is 1. The minimum Gasteiger partial charge on any atom is -0.444 e. The number of amides is 3. The van der Waals surface area contributed by atoms with Crippen LogP contribution in [0, 0.1) is 11.3 Å². The number of nitrogens with zero attached hydrogens (tertiary/aromatic N) is 4. The van der Waals surface area contributed by atoms with Crippen molar-refractivity contribution in [2.24, 2.45) is 11.3 Å². The van der Waals surface area contributed by atoms with Gasteiger partial charge in [0.15, 0.2) is 0 Å². The molecule has 14 heteroatoms. The third-order valence-electron chi connectivity index (χ3n) is 10.3. The number of aromatic nitrogens is 1. The highest BCUT2D eigenvalue weighted by atomic mass is 19.4. The number of carbonyl (C=O) groups excluding carboxylic acids is 3. The predicted molar refractivity (Wildman–Crippen MR) is 178 cm³/mol. The third kappa shape index (κ3) is 8.17. The Hall–Kier alpha value is -3.91. The minimum atomic E-state index is -4.63. The first-order valence-corrected chi connectivity index (χ1v) is 17.2. The van der Waals surface area contributed by atoms with Crippen LogP contribution in [0.15, 0.2) is 47.4 Å². The van der Waals surface area contributed by atoms with E-state index in [-0.39, 0.29) is 63.7 Å². The van der Waals surface area contributed by atoms with E-state index in [4.69, 9.17) is 4.74 Å². The highest BCUT2D eigenvalue weighted by Crippen LogP contribution is 2.52. The molecule has 2 N–H and O–H groups in total. The molecule has 2 aromatic rings. The fourth-order valence-corrected chi connectivity index (χ4v) is 7.65. The number of rotatable bonds is 7. The van der Waals surface area contributed by atoms with Crippen LogP contribution in [-0.2, 0) is 16.1 Å². The number of alkyl halides is 3. The van der Waals surface area contributed by atoms with Crippen LogP contribution < -0.4 is 5.56 Å². The topological polar surface area (TPSA) is 133 Å². The summed E-state index contributed by atoms with van der Waals surface area (Å²) in [6.45, 7) is 5.19. The molecule has 1 saturated carbocycles. The van der Waals surface area contributed by atoms with Crippen LogP contribution in [0.3, 0.4) is 0 Å². The van der Waals surface area contributed by atoms with Gasteiger partial charge < -0.3 is 34.2 Å². The summed E-state index contributed by atoms with van der Waals surface area (Å²) in [4.78, 5) is 58.2. The molecule has 11 nitrogen and oxygen atoms in total. The van der Waals surface area contributed by atoms with Crippen LogP contribution >= 0.6 is 0 Å². The number of likely N-dealkylation sites (tertiary alicyclic amines) is 1. The van der Waals surface area contributed by atoms with Crippen molar-refractivity contribution in [1.29, 1.82) is 0 Å². The van der Waals surface area contributed by atoms with Crippen LogP contribution in [0.2, 0.25) is 0 Å². The van der Waals surface area contributed by atoms with Gasteiger partial charge in [0.05, 0.1) is 36.7 Å². The molecule has 1 aromatic carbocycles. The summed E-state index contributed by atoms with van der Waals surface area (Å²) >= 11 is 0. The molecule has 5 rings (SSSR count). The number of pyridine rings is 1. The van der Waals surface area contributed by atoms with Crippen molar-refractivity contribution in [3.8, 4) is 11.1 Å². The first-order valence-electron chi connectivity index (χ1n) is 17.2. The van der Waals surface area contributed by atoms with Gasteiger partial charge in [-0.1, -0.05) is 43.2 Å². The Kier molecular flexibility index (Phi) is 10.7. The molecule has 2 atom stereocenters. The Bertz CT molecular complexity index is 1610. The van der Waals surface area contributed by atoms with E-state index in [1.807, 2.05) is 6.07 Å². The van der Waals surface area contributed by atoms with Crippen molar-refractivity contribution in [1.82, 2.24) is 19.3 Å². The van der Waals surface area contributed by atoms with E-state index in [0.717, 1.165) is 12.8 Å². The second-order valence-electron chi connectivity index (χ2n) is 14.9. The highest BCUT2D eigenvalue weighted by molar-refractivity contribution is 6.00. The minimum absolute atomic E-state index is 0.00124. The molecule has 1 aromatic heterocycles. The maximum absolute atomic E-state index is 14.2. The Labute approximate surface area is 289 Å². The zero-order valence-corrected chi connectivity index (χ0v) is 28.9. The molecule has 3 heterocycles. The van der Waals surface area contributed by atoms with Gasteiger partial charge in [0, 0.05) is 62.5 Å².